The number of carbonyl (C=O) groups excluding carboxylic acids is 1. The lowest BCUT2D eigenvalue weighted by atomic mass is 10.2. The lowest BCUT2D eigenvalue weighted by molar-refractivity contribution is -0.118. The van der Waals surface area contributed by atoms with E-state index in [1.165, 1.54) is 0 Å². The predicted molar refractivity (Wildman–Crippen MR) is 59.7 cm³/mol. The first-order valence-corrected chi connectivity index (χ1v) is 7.05. The van der Waals surface area contributed by atoms with Gasteiger partial charge in [-0.05, 0) is 12.8 Å². The van der Waals surface area contributed by atoms with Crippen molar-refractivity contribution in [2.75, 3.05) is 25.2 Å². The van der Waals surface area contributed by atoms with Crippen LogP contribution < -0.4 is 0 Å². The Labute approximate surface area is 91.9 Å². The zero-order valence-corrected chi connectivity index (χ0v) is 10.3. The number of ether oxygens (including phenoxy) is 1. The average molecular weight is 236 g/mol. The Morgan fingerprint density at radius 3 is 2.33 bits per heavy atom. The van der Waals surface area contributed by atoms with E-state index < -0.39 is 9.84 Å². The topological polar surface area (TPSA) is 60.4 Å². The lowest BCUT2D eigenvalue weighted by Gasteiger charge is -2.03. The SMILES string of the molecule is CCC(=O)CCCS(=O)(=O)CCCOC. The van der Waals surface area contributed by atoms with Crippen molar-refractivity contribution in [3.8, 4) is 0 Å². The van der Waals surface area contributed by atoms with Gasteiger partial charge in [0.15, 0.2) is 0 Å². The molecule has 0 aliphatic rings. The molecule has 0 aliphatic carbocycles. The van der Waals surface area contributed by atoms with Crippen molar-refractivity contribution in [2.45, 2.75) is 32.6 Å². The molecular weight excluding hydrogens is 216 g/mol. The molecular formula is C10H20O4S. The van der Waals surface area contributed by atoms with Crippen LogP contribution in [0, 0.1) is 0 Å². The normalized spacial score (nSPS) is 11.6. The molecule has 0 unspecified atom stereocenters. The van der Waals surface area contributed by atoms with E-state index in [-0.39, 0.29) is 17.3 Å². The van der Waals surface area contributed by atoms with E-state index in [0.29, 0.717) is 32.3 Å². The fraction of sp³-hybridized carbons (Fsp3) is 0.900. The summed E-state index contributed by atoms with van der Waals surface area (Å²) in [7, 11) is -1.44. The van der Waals surface area contributed by atoms with Crippen LogP contribution in [0.15, 0.2) is 0 Å². The number of hydrogen-bond donors (Lipinski definition) is 0. The molecule has 0 aromatic carbocycles. The molecule has 0 N–H and O–H groups in total. The molecule has 4 nitrogen and oxygen atoms in total. The molecule has 0 radical (unpaired) electrons. The predicted octanol–water partition coefficient (Wildman–Crippen LogP) is 1.20. The van der Waals surface area contributed by atoms with Crippen LogP contribution in [0.3, 0.4) is 0 Å². The second-order valence-corrected chi connectivity index (χ2v) is 5.80. The Bertz CT molecular complexity index is 269. The fourth-order valence-corrected chi connectivity index (χ4v) is 2.54. The highest BCUT2D eigenvalue weighted by atomic mass is 32.2. The van der Waals surface area contributed by atoms with Crippen molar-refractivity contribution in [3.63, 3.8) is 0 Å². The highest BCUT2D eigenvalue weighted by Crippen LogP contribution is 2.01. The maximum absolute atomic E-state index is 11.4. The van der Waals surface area contributed by atoms with Gasteiger partial charge in [0.05, 0.1) is 11.5 Å². The summed E-state index contributed by atoms with van der Waals surface area (Å²) >= 11 is 0. The average Bonchev–Trinajstić information content (AvgIpc) is 2.17. The lowest BCUT2D eigenvalue weighted by Crippen LogP contribution is -2.13. The van der Waals surface area contributed by atoms with Gasteiger partial charge in [-0.25, -0.2) is 8.42 Å². The van der Waals surface area contributed by atoms with Gasteiger partial charge < -0.3 is 4.74 Å². The molecule has 0 aromatic heterocycles. The number of carbonyl (C=O) groups is 1. The maximum atomic E-state index is 11.4. The smallest absolute Gasteiger partial charge is 0.150 e. The molecule has 0 bridgehead atoms. The van der Waals surface area contributed by atoms with Gasteiger partial charge >= 0.3 is 0 Å². The van der Waals surface area contributed by atoms with Crippen LogP contribution in [0.4, 0.5) is 0 Å². The van der Waals surface area contributed by atoms with E-state index in [1.807, 2.05) is 0 Å². The van der Waals surface area contributed by atoms with Crippen molar-refractivity contribution in [2.24, 2.45) is 0 Å². The van der Waals surface area contributed by atoms with Gasteiger partial charge in [0.2, 0.25) is 0 Å². The highest BCUT2D eigenvalue weighted by molar-refractivity contribution is 7.91. The number of Topliss-reactive ketones (excluding diaryl/α,β-unsaturated/α-hetero) is 1. The molecule has 0 spiro atoms. The third kappa shape index (κ3) is 8.57. The second-order valence-electron chi connectivity index (χ2n) is 3.49. The minimum Gasteiger partial charge on any atom is -0.385 e. The molecule has 0 amide bonds. The molecule has 5 heteroatoms. The number of hydrogen-bond acceptors (Lipinski definition) is 4. The van der Waals surface area contributed by atoms with Crippen molar-refractivity contribution in [3.05, 3.63) is 0 Å². The Kier molecular flexibility index (Phi) is 7.60. The van der Waals surface area contributed by atoms with Crippen molar-refractivity contribution in [1.82, 2.24) is 0 Å². The molecule has 90 valence electrons. The fourth-order valence-electron chi connectivity index (χ4n) is 1.19. The molecule has 0 aliphatic heterocycles. The Morgan fingerprint density at radius 2 is 1.80 bits per heavy atom. The molecule has 0 rings (SSSR count). The van der Waals surface area contributed by atoms with Crippen LogP contribution in [0.5, 0.6) is 0 Å². The number of ketones is 1. The van der Waals surface area contributed by atoms with Gasteiger partial charge in [-0.3, -0.25) is 4.79 Å². The van der Waals surface area contributed by atoms with Crippen molar-refractivity contribution >= 4 is 15.6 Å². The third-order valence-corrected chi connectivity index (χ3v) is 3.93. The van der Waals surface area contributed by atoms with Crippen LogP contribution in [0.1, 0.15) is 32.6 Å². The number of sulfone groups is 1. The van der Waals surface area contributed by atoms with Gasteiger partial charge in [0.1, 0.15) is 15.6 Å². The molecule has 0 aromatic rings. The standard InChI is InChI=1S/C10H20O4S/c1-3-10(11)6-4-8-15(12,13)9-5-7-14-2/h3-9H2,1-2H3. The first-order chi connectivity index (χ1) is 7.02. The summed E-state index contributed by atoms with van der Waals surface area (Å²) in [6.45, 7) is 2.25. The van der Waals surface area contributed by atoms with Gasteiger partial charge in [-0.1, -0.05) is 6.92 Å². The van der Waals surface area contributed by atoms with Crippen LogP contribution >= 0.6 is 0 Å². The first-order valence-electron chi connectivity index (χ1n) is 5.23. The second kappa shape index (κ2) is 7.82. The van der Waals surface area contributed by atoms with E-state index >= 15 is 0 Å². The van der Waals surface area contributed by atoms with Crippen LogP contribution in [-0.2, 0) is 19.4 Å². The summed E-state index contributed by atoms with van der Waals surface area (Å²) in [5, 5.41) is 0. The molecule has 0 atom stereocenters. The number of rotatable bonds is 9. The van der Waals surface area contributed by atoms with E-state index in [4.69, 9.17) is 4.74 Å². The maximum Gasteiger partial charge on any atom is 0.150 e. The zero-order chi connectivity index (χ0) is 11.7. The molecule has 0 heterocycles. The summed E-state index contributed by atoms with van der Waals surface area (Å²) < 4.78 is 27.6. The van der Waals surface area contributed by atoms with Crippen molar-refractivity contribution in [1.29, 1.82) is 0 Å². The largest absolute Gasteiger partial charge is 0.385 e. The van der Waals surface area contributed by atoms with Gasteiger partial charge in [-0.2, -0.15) is 0 Å². The zero-order valence-electron chi connectivity index (χ0n) is 9.49. The summed E-state index contributed by atoms with van der Waals surface area (Å²) in [5.41, 5.74) is 0. The summed E-state index contributed by atoms with van der Waals surface area (Å²) in [5.74, 6) is 0.394. The summed E-state index contributed by atoms with van der Waals surface area (Å²) in [4.78, 5) is 10.9. The van der Waals surface area contributed by atoms with E-state index in [1.54, 1.807) is 14.0 Å². The first kappa shape index (κ1) is 14.6. The van der Waals surface area contributed by atoms with E-state index in [9.17, 15) is 13.2 Å². The minimum atomic E-state index is -2.99. The van der Waals surface area contributed by atoms with Crippen LogP contribution in [0.2, 0.25) is 0 Å². The van der Waals surface area contributed by atoms with E-state index in [0.717, 1.165) is 0 Å². The van der Waals surface area contributed by atoms with Crippen molar-refractivity contribution < 1.29 is 17.9 Å². The molecule has 15 heavy (non-hydrogen) atoms. The molecule has 0 saturated carbocycles. The Morgan fingerprint density at radius 1 is 1.20 bits per heavy atom. The van der Waals surface area contributed by atoms with E-state index in [2.05, 4.69) is 0 Å². The van der Waals surface area contributed by atoms with Crippen LogP contribution in [-0.4, -0.2) is 39.4 Å². The van der Waals surface area contributed by atoms with Gasteiger partial charge in [0, 0.05) is 26.6 Å². The Balaban J connectivity index is 3.70. The van der Waals surface area contributed by atoms with Gasteiger partial charge in [0.25, 0.3) is 0 Å². The summed E-state index contributed by atoms with van der Waals surface area (Å²) in [6.07, 6.45) is 1.84. The van der Waals surface area contributed by atoms with Crippen LogP contribution in [0.25, 0.3) is 0 Å². The monoisotopic (exact) mass is 236 g/mol. The summed E-state index contributed by atoms with van der Waals surface area (Å²) in [6, 6.07) is 0. The molecule has 0 fully saturated rings. The minimum absolute atomic E-state index is 0.114. The Hall–Kier alpha value is -0.420. The highest BCUT2D eigenvalue weighted by Gasteiger charge is 2.10. The molecule has 0 saturated heterocycles. The quantitative estimate of drug-likeness (QED) is 0.564. The van der Waals surface area contributed by atoms with Gasteiger partial charge in [-0.15, -0.1) is 0 Å². The third-order valence-electron chi connectivity index (χ3n) is 2.11. The number of methoxy groups -OCH3 is 1.